The van der Waals surface area contributed by atoms with Crippen molar-refractivity contribution in [1.82, 2.24) is 20.3 Å². The van der Waals surface area contributed by atoms with Gasteiger partial charge < -0.3 is 10.6 Å². The standard InChI is InChI=1S/C21H24N6S/c1-14-11-25-20(24-9-7-15-6-5-8-23-12-15)27-18(14)16(10-22)19-26-17(13-28-19)21(2,3)4/h5-6,8,11-13,26H,7,9H2,1-4H3,(H,24,25,27)/b19-16-. The van der Waals surface area contributed by atoms with Gasteiger partial charge in [-0.1, -0.05) is 38.6 Å². The number of hydrogen-bond donors (Lipinski definition) is 2. The number of anilines is 1. The van der Waals surface area contributed by atoms with Crippen LogP contribution in [0.5, 0.6) is 0 Å². The molecule has 2 aromatic rings. The minimum Gasteiger partial charge on any atom is -0.354 e. The molecular weight excluding hydrogens is 368 g/mol. The van der Waals surface area contributed by atoms with E-state index in [1.165, 1.54) is 11.8 Å². The Hall–Kier alpha value is -2.85. The molecule has 2 aromatic heterocycles. The van der Waals surface area contributed by atoms with Gasteiger partial charge in [0.25, 0.3) is 0 Å². The summed E-state index contributed by atoms with van der Waals surface area (Å²) in [7, 11) is 0. The average Bonchev–Trinajstić information content (AvgIpc) is 3.16. The Morgan fingerprint density at radius 3 is 2.79 bits per heavy atom. The van der Waals surface area contributed by atoms with Crippen LogP contribution in [0.3, 0.4) is 0 Å². The van der Waals surface area contributed by atoms with Gasteiger partial charge >= 0.3 is 0 Å². The molecule has 0 amide bonds. The Labute approximate surface area is 170 Å². The fourth-order valence-electron chi connectivity index (χ4n) is 2.64. The average molecular weight is 393 g/mol. The van der Waals surface area contributed by atoms with E-state index in [1.807, 2.05) is 25.3 Å². The molecule has 0 radical (unpaired) electrons. The fraction of sp³-hybridized carbons (Fsp3) is 0.333. The van der Waals surface area contributed by atoms with Crippen LogP contribution in [0, 0.1) is 23.7 Å². The quantitative estimate of drug-likeness (QED) is 0.736. The van der Waals surface area contributed by atoms with E-state index in [4.69, 9.17) is 0 Å². The predicted molar refractivity (Wildman–Crippen MR) is 114 cm³/mol. The van der Waals surface area contributed by atoms with Gasteiger partial charge in [0.15, 0.2) is 0 Å². The van der Waals surface area contributed by atoms with Gasteiger partial charge in [-0.2, -0.15) is 5.26 Å². The summed E-state index contributed by atoms with van der Waals surface area (Å²) >= 11 is 1.53. The number of pyridine rings is 1. The zero-order valence-corrected chi connectivity index (χ0v) is 17.4. The Morgan fingerprint density at radius 2 is 2.14 bits per heavy atom. The molecular formula is C21H24N6S. The molecule has 1 aliphatic rings. The van der Waals surface area contributed by atoms with Crippen LogP contribution in [0.25, 0.3) is 5.57 Å². The third-order valence-corrected chi connectivity index (χ3v) is 5.21. The highest BCUT2D eigenvalue weighted by Gasteiger charge is 2.25. The van der Waals surface area contributed by atoms with Crippen LogP contribution in [-0.4, -0.2) is 21.5 Å². The van der Waals surface area contributed by atoms with Gasteiger partial charge in [-0.3, -0.25) is 4.98 Å². The molecule has 0 bridgehead atoms. The summed E-state index contributed by atoms with van der Waals surface area (Å²) in [4.78, 5) is 13.1. The second-order valence-corrected chi connectivity index (χ2v) is 8.48. The van der Waals surface area contributed by atoms with Crippen molar-refractivity contribution in [3.63, 3.8) is 0 Å². The van der Waals surface area contributed by atoms with Gasteiger partial charge in [0.2, 0.25) is 5.95 Å². The maximum absolute atomic E-state index is 9.80. The van der Waals surface area contributed by atoms with Crippen LogP contribution in [0.4, 0.5) is 5.95 Å². The molecule has 0 unspecified atom stereocenters. The van der Waals surface area contributed by atoms with E-state index in [9.17, 15) is 5.26 Å². The highest BCUT2D eigenvalue weighted by Crippen LogP contribution is 2.38. The molecule has 2 N–H and O–H groups in total. The molecule has 0 atom stereocenters. The van der Waals surface area contributed by atoms with Crippen molar-refractivity contribution < 1.29 is 0 Å². The van der Waals surface area contributed by atoms with Gasteiger partial charge in [-0.05, 0) is 35.9 Å². The Kier molecular flexibility index (Phi) is 6.00. The number of aromatic nitrogens is 3. The molecule has 0 aromatic carbocycles. The minimum absolute atomic E-state index is 0.00492. The third kappa shape index (κ3) is 4.70. The Morgan fingerprint density at radius 1 is 1.32 bits per heavy atom. The number of allylic oxidation sites excluding steroid dienone is 2. The summed E-state index contributed by atoms with van der Waals surface area (Å²) in [6, 6.07) is 6.28. The Balaban J connectivity index is 1.77. The number of thioether (sulfide) groups is 1. The van der Waals surface area contributed by atoms with Crippen molar-refractivity contribution in [3.8, 4) is 6.07 Å². The number of nitriles is 1. The largest absolute Gasteiger partial charge is 0.354 e. The van der Waals surface area contributed by atoms with Crippen molar-refractivity contribution in [2.24, 2.45) is 5.41 Å². The van der Waals surface area contributed by atoms with Crippen LogP contribution in [0.15, 0.2) is 46.9 Å². The number of rotatable bonds is 5. The van der Waals surface area contributed by atoms with E-state index < -0.39 is 0 Å². The normalized spacial score (nSPS) is 15.5. The minimum atomic E-state index is -0.00492. The zero-order chi connectivity index (χ0) is 20.1. The summed E-state index contributed by atoms with van der Waals surface area (Å²) in [5.74, 6) is 0.518. The van der Waals surface area contributed by atoms with Crippen LogP contribution in [-0.2, 0) is 6.42 Å². The van der Waals surface area contributed by atoms with Gasteiger partial charge in [0, 0.05) is 36.2 Å². The van der Waals surface area contributed by atoms with Crippen molar-refractivity contribution in [3.05, 3.63) is 63.7 Å². The highest BCUT2D eigenvalue weighted by molar-refractivity contribution is 8.06. The Bertz CT molecular complexity index is 951. The van der Waals surface area contributed by atoms with E-state index in [0.717, 1.165) is 28.3 Å². The predicted octanol–water partition coefficient (Wildman–Crippen LogP) is 4.25. The van der Waals surface area contributed by atoms with Crippen molar-refractivity contribution in [2.75, 3.05) is 11.9 Å². The molecule has 0 aliphatic carbocycles. The molecule has 6 nitrogen and oxygen atoms in total. The summed E-state index contributed by atoms with van der Waals surface area (Å²) in [6.07, 6.45) is 6.19. The number of nitrogens with zero attached hydrogens (tertiary/aromatic N) is 4. The van der Waals surface area contributed by atoms with Crippen molar-refractivity contribution in [2.45, 2.75) is 34.1 Å². The van der Waals surface area contributed by atoms with Crippen molar-refractivity contribution >= 4 is 23.3 Å². The van der Waals surface area contributed by atoms with Crippen molar-refractivity contribution in [1.29, 1.82) is 5.26 Å². The molecule has 144 valence electrons. The second kappa shape index (κ2) is 8.44. The van der Waals surface area contributed by atoms with E-state index in [2.05, 4.69) is 57.8 Å². The molecule has 28 heavy (non-hydrogen) atoms. The van der Waals surface area contributed by atoms with Gasteiger partial charge in [0.05, 0.1) is 10.7 Å². The monoisotopic (exact) mass is 392 g/mol. The van der Waals surface area contributed by atoms with E-state index in [0.29, 0.717) is 23.8 Å². The maximum Gasteiger partial charge on any atom is 0.223 e. The van der Waals surface area contributed by atoms with Crippen LogP contribution >= 0.6 is 11.8 Å². The number of aryl methyl sites for hydroxylation is 1. The second-order valence-electron chi connectivity index (χ2n) is 7.60. The molecule has 0 fully saturated rings. The third-order valence-electron chi connectivity index (χ3n) is 4.32. The lowest BCUT2D eigenvalue weighted by atomic mass is 9.93. The first kappa shape index (κ1) is 19.9. The van der Waals surface area contributed by atoms with Crippen LogP contribution in [0.1, 0.15) is 37.6 Å². The van der Waals surface area contributed by atoms with Crippen LogP contribution < -0.4 is 10.6 Å². The summed E-state index contributed by atoms with van der Waals surface area (Å²) in [6.45, 7) is 9.03. The molecule has 7 heteroatoms. The van der Waals surface area contributed by atoms with E-state index >= 15 is 0 Å². The smallest absolute Gasteiger partial charge is 0.223 e. The zero-order valence-electron chi connectivity index (χ0n) is 16.6. The summed E-state index contributed by atoms with van der Waals surface area (Å²) in [5, 5.41) is 19.3. The SMILES string of the molecule is Cc1cnc(NCCc2cccnc2)nc1/C(C#N)=C1/NC(C(C)(C)C)=CS1. The molecule has 0 saturated heterocycles. The lowest BCUT2D eigenvalue weighted by Gasteiger charge is -2.20. The first-order chi connectivity index (χ1) is 13.4. The summed E-state index contributed by atoms with van der Waals surface area (Å²) in [5.41, 5.74) is 4.30. The fourth-order valence-corrected chi connectivity index (χ4v) is 3.72. The first-order valence-corrected chi connectivity index (χ1v) is 10.0. The number of nitrogens with one attached hydrogen (secondary N) is 2. The van der Waals surface area contributed by atoms with Gasteiger partial charge in [0.1, 0.15) is 11.6 Å². The van der Waals surface area contributed by atoms with Gasteiger partial charge in [-0.25, -0.2) is 9.97 Å². The lowest BCUT2D eigenvalue weighted by molar-refractivity contribution is 0.481. The van der Waals surface area contributed by atoms with E-state index in [1.54, 1.807) is 12.4 Å². The molecule has 1 aliphatic heterocycles. The molecule has 3 rings (SSSR count). The summed E-state index contributed by atoms with van der Waals surface area (Å²) < 4.78 is 0. The maximum atomic E-state index is 9.80. The lowest BCUT2D eigenvalue weighted by Crippen LogP contribution is -2.20. The van der Waals surface area contributed by atoms with E-state index in [-0.39, 0.29) is 5.41 Å². The molecule has 0 saturated carbocycles. The van der Waals surface area contributed by atoms with Gasteiger partial charge in [-0.15, -0.1) is 0 Å². The number of hydrogen-bond acceptors (Lipinski definition) is 7. The topological polar surface area (TPSA) is 86.5 Å². The van der Waals surface area contributed by atoms with Crippen LogP contribution in [0.2, 0.25) is 0 Å². The highest BCUT2D eigenvalue weighted by atomic mass is 32.2. The molecule has 3 heterocycles. The molecule has 0 spiro atoms. The first-order valence-electron chi connectivity index (χ1n) is 9.14.